The number of aromatic amines is 2. The van der Waals surface area contributed by atoms with Crippen LogP contribution in [0.2, 0.25) is 5.02 Å². The smallest absolute Gasteiger partial charge is 0.417 e. The fraction of sp³-hybridized carbons (Fsp3) is 0.0500. The first kappa shape index (κ1) is 20.5. The number of nitrogens with zero attached hydrogens (tertiary/aromatic N) is 1. The zero-order chi connectivity index (χ0) is 22.2. The minimum absolute atomic E-state index is 0.0613. The van der Waals surface area contributed by atoms with Gasteiger partial charge in [0.15, 0.2) is 11.4 Å². The fourth-order valence-electron chi connectivity index (χ4n) is 2.85. The molecule has 4 aromatic rings. The molecular formula is C20H12ClF3N4O3. The van der Waals surface area contributed by atoms with Crippen LogP contribution in [-0.2, 0) is 6.18 Å². The molecule has 0 aliphatic rings. The van der Waals surface area contributed by atoms with Crippen LogP contribution in [0.1, 0.15) is 15.9 Å². The van der Waals surface area contributed by atoms with E-state index in [2.05, 4.69) is 20.3 Å². The van der Waals surface area contributed by atoms with Crippen molar-refractivity contribution in [2.75, 3.05) is 5.32 Å². The average Bonchev–Trinajstić information content (AvgIpc) is 3.10. The molecule has 0 atom stereocenters. The molecule has 2 heterocycles. The second kappa shape index (κ2) is 7.80. The van der Waals surface area contributed by atoms with Gasteiger partial charge in [-0.05, 0) is 36.4 Å². The van der Waals surface area contributed by atoms with E-state index in [1.807, 2.05) is 0 Å². The molecule has 0 radical (unpaired) electrons. The van der Waals surface area contributed by atoms with E-state index in [4.69, 9.17) is 16.3 Å². The van der Waals surface area contributed by atoms with Crippen molar-refractivity contribution in [1.82, 2.24) is 15.0 Å². The third-order valence-electron chi connectivity index (χ3n) is 4.24. The van der Waals surface area contributed by atoms with Gasteiger partial charge in [0.25, 0.3) is 5.91 Å². The second-order valence-electron chi connectivity index (χ2n) is 6.39. The summed E-state index contributed by atoms with van der Waals surface area (Å²) < 4.78 is 44.8. The Balaban J connectivity index is 1.57. The molecule has 0 unspecified atom stereocenters. The summed E-state index contributed by atoms with van der Waals surface area (Å²) in [7, 11) is 0. The van der Waals surface area contributed by atoms with Gasteiger partial charge < -0.3 is 15.0 Å². The van der Waals surface area contributed by atoms with Gasteiger partial charge in [-0.1, -0.05) is 17.7 Å². The van der Waals surface area contributed by atoms with Crippen molar-refractivity contribution >= 4 is 34.4 Å². The van der Waals surface area contributed by atoms with Gasteiger partial charge in [0, 0.05) is 23.5 Å². The topological polar surface area (TPSA) is 99.9 Å². The van der Waals surface area contributed by atoms with Crippen molar-refractivity contribution in [3.63, 3.8) is 0 Å². The monoisotopic (exact) mass is 448 g/mol. The summed E-state index contributed by atoms with van der Waals surface area (Å²) in [6, 6.07) is 10.6. The van der Waals surface area contributed by atoms with Crippen LogP contribution in [0.5, 0.6) is 11.5 Å². The Bertz CT molecular complexity index is 1350. The minimum atomic E-state index is -4.65. The number of hydrogen-bond donors (Lipinski definition) is 3. The number of amides is 1. The third-order valence-corrected chi connectivity index (χ3v) is 4.57. The number of alkyl halides is 3. The quantitative estimate of drug-likeness (QED) is 0.410. The van der Waals surface area contributed by atoms with Crippen LogP contribution in [0.3, 0.4) is 0 Å². The normalized spacial score (nSPS) is 11.5. The van der Waals surface area contributed by atoms with Crippen molar-refractivity contribution < 1.29 is 22.7 Å². The lowest BCUT2D eigenvalue weighted by atomic mass is 10.1. The van der Waals surface area contributed by atoms with Crippen molar-refractivity contribution in [2.24, 2.45) is 0 Å². The Labute approximate surface area is 176 Å². The highest BCUT2D eigenvalue weighted by molar-refractivity contribution is 6.31. The molecule has 0 saturated carbocycles. The van der Waals surface area contributed by atoms with Gasteiger partial charge in [0.1, 0.15) is 11.3 Å². The number of hydrogen-bond acceptors (Lipinski definition) is 4. The number of rotatable bonds is 4. The molecule has 2 aromatic carbocycles. The van der Waals surface area contributed by atoms with Crippen LogP contribution >= 0.6 is 11.6 Å². The van der Waals surface area contributed by atoms with E-state index < -0.39 is 28.4 Å². The SMILES string of the molecule is O=C(Nc1ccc(Cl)c(C(F)(F)F)c1)c1cccc(Oc2ccnc3[nH]c(=O)[nH]c23)c1. The van der Waals surface area contributed by atoms with E-state index in [1.54, 1.807) is 12.1 Å². The number of nitrogens with one attached hydrogen (secondary N) is 3. The maximum absolute atomic E-state index is 13.0. The van der Waals surface area contributed by atoms with Crippen LogP contribution in [0.25, 0.3) is 11.2 Å². The zero-order valence-electron chi connectivity index (χ0n) is 15.4. The van der Waals surface area contributed by atoms with Crippen molar-refractivity contribution in [1.29, 1.82) is 0 Å². The first-order valence-electron chi connectivity index (χ1n) is 8.74. The maximum Gasteiger partial charge on any atom is 0.417 e. The Morgan fingerprint density at radius 1 is 1.10 bits per heavy atom. The molecule has 4 rings (SSSR count). The lowest BCUT2D eigenvalue weighted by Crippen LogP contribution is -2.13. The number of aromatic nitrogens is 3. The van der Waals surface area contributed by atoms with Crippen molar-refractivity contribution in [2.45, 2.75) is 6.18 Å². The molecule has 0 spiro atoms. The number of halogens is 4. The summed E-state index contributed by atoms with van der Waals surface area (Å²) in [6.45, 7) is 0. The first-order chi connectivity index (χ1) is 14.7. The lowest BCUT2D eigenvalue weighted by molar-refractivity contribution is -0.137. The van der Waals surface area contributed by atoms with Gasteiger partial charge in [0.05, 0.1) is 10.6 Å². The number of H-pyrrole nitrogens is 2. The van der Waals surface area contributed by atoms with E-state index in [-0.39, 0.29) is 17.0 Å². The van der Waals surface area contributed by atoms with Crippen LogP contribution in [0, 0.1) is 0 Å². The van der Waals surface area contributed by atoms with Gasteiger partial charge in [-0.15, -0.1) is 0 Å². The van der Waals surface area contributed by atoms with Gasteiger partial charge in [-0.25, -0.2) is 9.78 Å². The summed E-state index contributed by atoms with van der Waals surface area (Å²) in [5.74, 6) is -0.0708. The molecule has 3 N–H and O–H groups in total. The van der Waals surface area contributed by atoms with Crippen LogP contribution in [0.15, 0.2) is 59.5 Å². The summed E-state index contributed by atoms with van der Waals surface area (Å²) in [5, 5.41) is 1.94. The van der Waals surface area contributed by atoms with E-state index in [9.17, 15) is 22.8 Å². The summed E-state index contributed by atoms with van der Waals surface area (Å²) in [4.78, 5) is 33.1. The number of ether oxygens (including phenoxy) is 1. The second-order valence-corrected chi connectivity index (χ2v) is 6.80. The Hall–Kier alpha value is -3.79. The minimum Gasteiger partial charge on any atom is -0.455 e. The Morgan fingerprint density at radius 3 is 2.68 bits per heavy atom. The standard InChI is InChI=1S/C20H12ClF3N4O3/c21-14-5-4-11(9-13(14)20(22,23)24)26-18(29)10-2-1-3-12(8-10)31-15-6-7-25-17-16(15)27-19(30)28-17/h1-9H,(H,26,29)(H2,25,27,28,30). The predicted molar refractivity (Wildman–Crippen MR) is 108 cm³/mol. The molecule has 0 saturated heterocycles. The highest BCUT2D eigenvalue weighted by Gasteiger charge is 2.33. The molecular weight excluding hydrogens is 437 g/mol. The molecule has 11 heteroatoms. The number of fused-ring (bicyclic) bond motifs is 1. The van der Waals surface area contributed by atoms with Crippen LogP contribution < -0.4 is 15.7 Å². The first-order valence-corrected chi connectivity index (χ1v) is 9.11. The van der Waals surface area contributed by atoms with Gasteiger partial charge in [-0.3, -0.25) is 9.78 Å². The Kier molecular flexibility index (Phi) is 5.15. The molecule has 0 aliphatic carbocycles. The summed E-state index contributed by atoms with van der Waals surface area (Å²) >= 11 is 5.60. The molecule has 0 fully saturated rings. The molecule has 2 aromatic heterocycles. The van der Waals surface area contributed by atoms with Gasteiger partial charge >= 0.3 is 11.9 Å². The third kappa shape index (κ3) is 4.38. The molecule has 0 bridgehead atoms. The zero-order valence-corrected chi connectivity index (χ0v) is 16.1. The van der Waals surface area contributed by atoms with Crippen LogP contribution in [0.4, 0.5) is 18.9 Å². The van der Waals surface area contributed by atoms with E-state index >= 15 is 0 Å². The number of anilines is 1. The lowest BCUT2D eigenvalue weighted by Gasteiger charge is -2.12. The number of carbonyl (C=O) groups is 1. The van der Waals surface area contributed by atoms with Crippen LogP contribution in [-0.4, -0.2) is 20.9 Å². The number of pyridine rings is 1. The number of benzene rings is 2. The molecule has 7 nitrogen and oxygen atoms in total. The molecule has 0 aliphatic heterocycles. The summed E-state index contributed by atoms with van der Waals surface area (Å²) in [6.07, 6.45) is -3.21. The summed E-state index contributed by atoms with van der Waals surface area (Å²) in [5.41, 5.74) is -0.760. The highest BCUT2D eigenvalue weighted by Crippen LogP contribution is 2.36. The van der Waals surface area contributed by atoms with E-state index in [0.717, 1.165) is 12.1 Å². The number of carbonyl (C=O) groups excluding carboxylic acids is 1. The van der Waals surface area contributed by atoms with Crippen molar-refractivity contribution in [3.8, 4) is 11.5 Å². The van der Waals surface area contributed by atoms with Gasteiger partial charge in [0.2, 0.25) is 0 Å². The Morgan fingerprint density at radius 2 is 1.90 bits per heavy atom. The number of imidazole rings is 1. The highest BCUT2D eigenvalue weighted by atomic mass is 35.5. The maximum atomic E-state index is 13.0. The molecule has 158 valence electrons. The van der Waals surface area contributed by atoms with Crippen molar-refractivity contribution in [3.05, 3.63) is 81.4 Å². The van der Waals surface area contributed by atoms with Gasteiger partial charge in [-0.2, -0.15) is 13.2 Å². The predicted octanol–water partition coefficient (Wildman–Crippen LogP) is 4.97. The fourth-order valence-corrected chi connectivity index (χ4v) is 3.07. The largest absolute Gasteiger partial charge is 0.455 e. The average molecular weight is 449 g/mol. The van der Waals surface area contributed by atoms with E-state index in [0.29, 0.717) is 16.9 Å². The molecule has 31 heavy (non-hydrogen) atoms. The van der Waals surface area contributed by atoms with E-state index in [1.165, 1.54) is 30.5 Å². The molecule has 1 amide bonds.